The second-order valence-corrected chi connectivity index (χ2v) is 6.92. The summed E-state index contributed by atoms with van der Waals surface area (Å²) in [5.74, 6) is -0.524. The summed E-state index contributed by atoms with van der Waals surface area (Å²) < 4.78 is 44.0. The lowest BCUT2D eigenvalue weighted by atomic mass is 10.2. The average molecular weight is 308 g/mol. The van der Waals surface area contributed by atoms with Crippen molar-refractivity contribution in [2.24, 2.45) is 0 Å². The summed E-state index contributed by atoms with van der Waals surface area (Å²) in [6, 6.07) is 12.3. The molecule has 112 valence electrons. The van der Waals surface area contributed by atoms with E-state index in [0.29, 0.717) is 11.3 Å². The zero-order chi connectivity index (χ0) is 15.5. The minimum absolute atomic E-state index is 0.0673. The molecule has 2 rings (SSSR count). The normalized spacial score (nSPS) is 11.6. The molecule has 21 heavy (non-hydrogen) atoms. The Labute approximate surface area is 124 Å². The van der Waals surface area contributed by atoms with Crippen molar-refractivity contribution >= 4 is 9.84 Å². The molecule has 0 saturated carbocycles. The maximum absolute atomic E-state index is 13.7. The van der Waals surface area contributed by atoms with E-state index in [-0.39, 0.29) is 16.8 Å². The van der Waals surface area contributed by atoms with E-state index in [4.69, 9.17) is 4.74 Å². The smallest absolute Gasteiger partial charge is 0.185 e. The molecule has 0 aromatic heterocycles. The van der Waals surface area contributed by atoms with Crippen LogP contribution < -0.4 is 4.74 Å². The van der Waals surface area contributed by atoms with E-state index >= 15 is 0 Å². The van der Waals surface area contributed by atoms with E-state index in [1.54, 1.807) is 24.3 Å². The fourth-order valence-electron chi connectivity index (χ4n) is 1.97. The van der Waals surface area contributed by atoms with Gasteiger partial charge in [0.25, 0.3) is 0 Å². The van der Waals surface area contributed by atoms with Gasteiger partial charge in [0.1, 0.15) is 16.5 Å². The Morgan fingerprint density at radius 2 is 1.67 bits per heavy atom. The summed E-state index contributed by atoms with van der Waals surface area (Å²) in [5, 5.41) is 0. The fraction of sp³-hybridized carbons (Fsp3) is 0.250. The Hall–Kier alpha value is -1.88. The van der Waals surface area contributed by atoms with Crippen LogP contribution in [0.2, 0.25) is 0 Å². The molecule has 3 nitrogen and oxygen atoms in total. The Morgan fingerprint density at radius 3 is 2.33 bits per heavy atom. The maximum atomic E-state index is 13.7. The first kappa shape index (κ1) is 15.5. The van der Waals surface area contributed by atoms with E-state index in [2.05, 4.69) is 0 Å². The second-order valence-electron chi connectivity index (χ2n) is 4.96. The van der Waals surface area contributed by atoms with Crippen molar-refractivity contribution in [1.82, 2.24) is 0 Å². The second kappa shape index (κ2) is 6.26. The summed E-state index contributed by atoms with van der Waals surface area (Å²) in [6.07, 6.45) is -0.0673. The van der Waals surface area contributed by atoms with Crippen molar-refractivity contribution < 1.29 is 17.5 Å². The Balaban J connectivity index is 2.36. The van der Waals surface area contributed by atoms with E-state index in [1.807, 2.05) is 13.8 Å². The predicted octanol–water partition coefficient (Wildman–Crippen LogP) is 3.59. The average Bonchev–Trinajstić information content (AvgIpc) is 2.40. The van der Waals surface area contributed by atoms with Crippen LogP contribution in [0.5, 0.6) is 5.75 Å². The molecule has 0 spiro atoms. The van der Waals surface area contributed by atoms with Crippen molar-refractivity contribution in [1.29, 1.82) is 0 Å². The Kier molecular flexibility index (Phi) is 4.63. The van der Waals surface area contributed by atoms with Crippen molar-refractivity contribution in [3.63, 3.8) is 0 Å². The molecule has 2 aromatic rings. The van der Waals surface area contributed by atoms with Crippen LogP contribution in [0.4, 0.5) is 4.39 Å². The van der Waals surface area contributed by atoms with E-state index in [1.165, 1.54) is 18.2 Å². The molecule has 0 heterocycles. The summed E-state index contributed by atoms with van der Waals surface area (Å²) >= 11 is 0. The van der Waals surface area contributed by atoms with Gasteiger partial charge in [-0.15, -0.1) is 0 Å². The zero-order valence-electron chi connectivity index (χ0n) is 11.9. The van der Waals surface area contributed by atoms with Gasteiger partial charge in [-0.25, -0.2) is 12.8 Å². The molecule has 0 aliphatic heterocycles. The minimum Gasteiger partial charge on any atom is -0.491 e. The van der Waals surface area contributed by atoms with Crippen molar-refractivity contribution in [2.45, 2.75) is 30.6 Å². The standard InChI is InChI=1S/C16H17FO3S/c1-12(2)20-15-9-5-3-7-13(15)11-21(18,19)16-10-6-4-8-14(16)17/h3-10,12H,11H2,1-2H3. The molecule has 0 unspecified atom stereocenters. The molecule has 5 heteroatoms. The lowest BCUT2D eigenvalue weighted by molar-refractivity contribution is 0.240. The van der Waals surface area contributed by atoms with Crippen molar-refractivity contribution in [3.05, 3.63) is 59.9 Å². The molecule has 0 radical (unpaired) electrons. The largest absolute Gasteiger partial charge is 0.491 e. The lowest BCUT2D eigenvalue weighted by Gasteiger charge is -2.14. The molecule has 0 fully saturated rings. The molecular weight excluding hydrogens is 291 g/mol. The monoisotopic (exact) mass is 308 g/mol. The highest BCUT2D eigenvalue weighted by atomic mass is 32.2. The van der Waals surface area contributed by atoms with E-state index < -0.39 is 15.7 Å². The van der Waals surface area contributed by atoms with Gasteiger partial charge in [-0.1, -0.05) is 30.3 Å². The van der Waals surface area contributed by atoms with Gasteiger partial charge in [0.15, 0.2) is 9.84 Å². The number of para-hydroxylation sites is 1. The number of hydrogen-bond donors (Lipinski definition) is 0. The summed E-state index contributed by atoms with van der Waals surface area (Å²) in [5.41, 5.74) is 0.523. The number of sulfone groups is 1. The van der Waals surface area contributed by atoms with Crippen LogP contribution in [-0.4, -0.2) is 14.5 Å². The molecule has 2 aromatic carbocycles. The van der Waals surface area contributed by atoms with Crippen LogP contribution in [0, 0.1) is 5.82 Å². The molecule has 0 N–H and O–H groups in total. The van der Waals surface area contributed by atoms with Gasteiger partial charge in [-0.2, -0.15) is 0 Å². The third kappa shape index (κ3) is 3.82. The van der Waals surface area contributed by atoms with Gasteiger partial charge in [0.2, 0.25) is 0 Å². The highest BCUT2D eigenvalue weighted by molar-refractivity contribution is 7.90. The summed E-state index contributed by atoms with van der Waals surface area (Å²) in [4.78, 5) is -0.288. The first-order valence-electron chi connectivity index (χ1n) is 6.62. The van der Waals surface area contributed by atoms with Crippen LogP contribution in [-0.2, 0) is 15.6 Å². The van der Waals surface area contributed by atoms with Gasteiger partial charge < -0.3 is 4.74 Å². The van der Waals surface area contributed by atoms with Gasteiger partial charge in [-0.3, -0.25) is 0 Å². The molecule has 0 saturated heterocycles. The first-order chi connectivity index (χ1) is 9.90. The van der Waals surface area contributed by atoms with Crippen LogP contribution in [0.15, 0.2) is 53.4 Å². The van der Waals surface area contributed by atoms with Crippen LogP contribution in [0.3, 0.4) is 0 Å². The predicted molar refractivity (Wildman–Crippen MR) is 79.5 cm³/mol. The SMILES string of the molecule is CC(C)Oc1ccccc1CS(=O)(=O)c1ccccc1F. The van der Waals surface area contributed by atoms with Gasteiger partial charge in [-0.05, 0) is 32.0 Å². The fourth-order valence-corrected chi connectivity index (χ4v) is 3.43. The molecule has 0 bridgehead atoms. The summed E-state index contributed by atoms with van der Waals surface area (Å²) in [6.45, 7) is 3.73. The topological polar surface area (TPSA) is 43.4 Å². The number of ether oxygens (including phenoxy) is 1. The third-order valence-corrected chi connectivity index (χ3v) is 4.54. The van der Waals surface area contributed by atoms with Crippen molar-refractivity contribution in [2.75, 3.05) is 0 Å². The molecule has 0 atom stereocenters. The number of halogens is 1. The molecule has 0 amide bonds. The lowest BCUT2D eigenvalue weighted by Crippen LogP contribution is -2.11. The van der Waals surface area contributed by atoms with Crippen molar-refractivity contribution in [3.8, 4) is 5.75 Å². The minimum atomic E-state index is -3.76. The van der Waals surface area contributed by atoms with Gasteiger partial charge in [0, 0.05) is 5.56 Å². The zero-order valence-corrected chi connectivity index (χ0v) is 12.7. The molecule has 0 aliphatic carbocycles. The van der Waals surface area contributed by atoms with Gasteiger partial charge >= 0.3 is 0 Å². The Morgan fingerprint density at radius 1 is 1.05 bits per heavy atom. The van der Waals surface area contributed by atoms with Crippen LogP contribution in [0.1, 0.15) is 19.4 Å². The number of rotatable bonds is 5. The summed E-state index contributed by atoms with van der Waals surface area (Å²) in [7, 11) is -3.76. The van der Waals surface area contributed by atoms with Crippen LogP contribution in [0.25, 0.3) is 0 Å². The number of benzene rings is 2. The third-order valence-electron chi connectivity index (χ3n) is 2.85. The maximum Gasteiger partial charge on any atom is 0.185 e. The highest BCUT2D eigenvalue weighted by Gasteiger charge is 2.21. The first-order valence-corrected chi connectivity index (χ1v) is 8.27. The van der Waals surface area contributed by atoms with Crippen LogP contribution >= 0.6 is 0 Å². The molecular formula is C16H17FO3S. The Bertz CT molecular complexity index is 724. The molecule has 0 aliphatic rings. The quantitative estimate of drug-likeness (QED) is 0.848. The van der Waals surface area contributed by atoms with E-state index in [0.717, 1.165) is 6.07 Å². The highest BCUT2D eigenvalue weighted by Crippen LogP contribution is 2.25. The van der Waals surface area contributed by atoms with Gasteiger partial charge in [0.05, 0.1) is 11.9 Å². The van der Waals surface area contributed by atoms with E-state index in [9.17, 15) is 12.8 Å². The number of hydrogen-bond acceptors (Lipinski definition) is 3.